The summed E-state index contributed by atoms with van der Waals surface area (Å²) in [4.78, 5) is 0. The molecule has 20 heavy (non-hydrogen) atoms. The second-order valence-corrected chi connectivity index (χ2v) is 5.35. The molecule has 0 saturated carbocycles. The standard InChI is InChI=1S/C17H25NO2/c1-20-16-9-7-15(8-10-16)17(19)13-18-12-11-14-5-3-2-4-6-14/h5,7-10,17-19H,2-4,6,11-13H2,1H3. The minimum absolute atomic E-state index is 0.457. The predicted molar refractivity (Wildman–Crippen MR) is 82.0 cm³/mol. The Balaban J connectivity index is 1.68. The zero-order valence-electron chi connectivity index (χ0n) is 12.3. The largest absolute Gasteiger partial charge is 0.497 e. The lowest BCUT2D eigenvalue weighted by Gasteiger charge is -2.15. The molecule has 0 saturated heterocycles. The van der Waals surface area contributed by atoms with E-state index in [0.29, 0.717) is 6.54 Å². The number of hydrogen-bond acceptors (Lipinski definition) is 3. The molecule has 3 nitrogen and oxygen atoms in total. The normalized spacial score (nSPS) is 16.6. The van der Waals surface area contributed by atoms with E-state index >= 15 is 0 Å². The number of nitrogens with one attached hydrogen (secondary N) is 1. The number of allylic oxidation sites excluding steroid dienone is 1. The van der Waals surface area contributed by atoms with E-state index < -0.39 is 6.10 Å². The van der Waals surface area contributed by atoms with Gasteiger partial charge in [0.05, 0.1) is 13.2 Å². The van der Waals surface area contributed by atoms with E-state index in [2.05, 4.69) is 11.4 Å². The van der Waals surface area contributed by atoms with Gasteiger partial charge >= 0.3 is 0 Å². The van der Waals surface area contributed by atoms with Gasteiger partial charge in [0, 0.05) is 6.54 Å². The van der Waals surface area contributed by atoms with E-state index in [4.69, 9.17) is 4.74 Å². The molecule has 0 amide bonds. The molecule has 3 heteroatoms. The molecule has 1 aliphatic rings. The predicted octanol–water partition coefficient (Wildman–Crippen LogP) is 3.21. The van der Waals surface area contributed by atoms with Gasteiger partial charge in [0.15, 0.2) is 0 Å². The first-order chi connectivity index (χ1) is 9.79. The smallest absolute Gasteiger partial charge is 0.118 e. The lowest BCUT2D eigenvalue weighted by Crippen LogP contribution is -2.23. The highest BCUT2D eigenvalue weighted by atomic mass is 16.5. The molecular weight excluding hydrogens is 250 g/mol. The van der Waals surface area contributed by atoms with Gasteiger partial charge in [0.2, 0.25) is 0 Å². The molecule has 0 aliphatic heterocycles. The quantitative estimate of drug-likeness (QED) is 0.593. The van der Waals surface area contributed by atoms with Crippen LogP contribution in [0.15, 0.2) is 35.9 Å². The SMILES string of the molecule is COc1ccc(C(O)CNCCC2=CCCCC2)cc1. The van der Waals surface area contributed by atoms with Crippen molar-refractivity contribution in [2.45, 2.75) is 38.2 Å². The van der Waals surface area contributed by atoms with E-state index in [1.165, 1.54) is 25.7 Å². The molecular formula is C17H25NO2. The van der Waals surface area contributed by atoms with Gasteiger partial charge in [-0.15, -0.1) is 0 Å². The van der Waals surface area contributed by atoms with Crippen molar-refractivity contribution in [2.75, 3.05) is 20.2 Å². The molecule has 2 N–H and O–H groups in total. The summed E-state index contributed by atoms with van der Waals surface area (Å²) in [5, 5.41) is 13.4. The Morgan fingerprint density at radius 3 is 2.70 bits per heavy atom. The Hall–Kier alpha value is -1.32. The highest BCUT2D eigenvalue weighted by Gasteiger charge is 2.08. The minimum Gasteiger partial charge on any atom is -0.497 e. The Bertz CT molecular complexity index is 425. The van der Waals surface area contributed by atoms with Crippen LogP contribution in [0.5, 0.6) is 5.75 Å². The van der Waals surface area contributed by atoms with E-state index in [0.717, 1.165) is 24.3 Å². The van der Waals surface area contributed by atoms with Crippen LogP contribution in [0, 0.1) is 0 Å². The van der Waals surface area contributed by atoms with Gasteiger partial charge in [-0.2, -0.15) is 0 Å². The molecule has 1 atom stereocenters. The maximum Gasteiger partial charge on any atom is 0.118 e. The van der Waals surface area contributed by atoms with Gasteiger partial charge in [-0.05, 0) is 56.3 Å². The van der Waals surface area contributed by atoms with E-state index in [1.54, 1.807) is 12.7 Å². The average molecular weight is 275 g/mol. The third-order valence-electron chi connectivity index (χ3n) is 3.85. The number of rotatable bonds is 7. The van der Waals surface area contributed by atoms with Gasteiger partial charge < -0.3 is 15.2 Å². The second-order valence-electron chi connectivity index (χ2n) is 5.35. The molecule has 0 radical (unpaired) electrons. The van der Waals surface area contributed by atoms with Crippen molar-refractivity contribution in [1.29, 1.82) is 0 Å². The Labute approximate surface area is 121 Å². The summed E-state index contributed by atoms with van der Waals surface area (Å²) in [6.45, 7) is 1.54. The monoisotopic (exact) mass is 275 g/mol. The maximum atomic E-state index is 10.1. The summed E-state index contributed by atoms with van der Waals surface area (Å²) in [5.41, 5.74) is 2.50. The molecule has 2 rings (SSSR count). The Morgan fingerprint density at radius 2 is 2.05 bits per heavy atom. The van der Waals surface area contributed by atoms with Crippen molar-refractivity contribution < 1.29 is 9.84 Å². The molecule has 0 spiro atoms. The van der Waals surface area contributed by atoms with Crippen LogP contribution in [0.2, 0.25) is 0 Å². The number of aliphatic hydroxyl groups excluding tert-OH is 1. The zero-order valence-corrected chi connectivity index (χ0v) is 12.3. The molecule has 0 aromatic heterocycles. The van der Waals surface area contributed by atoms with Crippen molar-refractivity contribution in [3.63, 3.8) is 0 Å². The summed E-state index contributed by atoms with van der Waals surface area (Å²) < 4.78 is 5.11. The second kappa shape index (κ2) is 8.08. The number of benzene rings is 1. The van der Waals surface area contributed by atoms with Crippen molar-refractivity contribution in [3.05, 3.63) is 41.5 Å². The number of ether oxygens (including phenoxy) is 1. The van der Waals surface area contributed by atoms with Crippen LogP contribution in [0.1, 0.15) is 43.8 Å². The first-order valence-corrected chi connectivity index (χ1v) is 7.50. The molecule has 1 aromatic carbocycles. The molecule has 0 bridgehead atoms. The Kier molecular flexibility index (Phi) is 6.09. The summed E-state index contributed by atoms with van der Waals surface area (Å²) in [6.07, 6.45) is 8.20. The van der Waals surface area contributed by atoms with Gasteiger partial charge in [-0.25, -0.2) is 0 Å². The summed E-state index contributed by atoms with van der Waals surface area (Å²) in [7, 11) is 1.65. The third-order valence-corrected chi connectivity index (χ3v) is 3.85. The topological polar surface area (TPSA) is 41.5 Å². The zero-order chi connectivity index (χ0) is 14.2. The lowest BCUT2D eigenvalue weighted by molar-refractivity contribution is 0.175. The van der Waals surface area contributed by atoms with Crippen molar-refractivity contribution in [1.82, 2.24) is 5.32 Å². The fourth-order valence-corrected chi connectivity index (χ4v) is 2.56. The molecule has 1 unspecified atom stereocenters. The van der Waals surface area contributed by atoms with Crippen LogP contribution in [0.4, 0.5) is 0 Å². The van der Waals surface area contributed by atoms with Crippen molar-refractivity contribution in [3.8, 4) is 5.75 Å². The van der Waals surface area contributed by atoms with E-state index in [9.17, 15) is 5.11 Å². The molecule has 110 valence electrons. The van der Waals surface area contributed by atoms with Gasteiger partial charge in [-0.1, -0.05) is 23.8 Å². The van der Waals surface area contributed by atoms with Gasteiger partial charge in [-0.3, -0.25) is 0 Å². The van der Waals surface area contributed by atoms with Gasteiger partial charge in [0.25, 0.3) is 0 Å². The van der Waals surface area contributed by atoms with Crippen LogP contribution < -0.4 is 10.1 Å². The summed E-state index contributed by atoms with van der Waals surface area (Å²) in [5.74, 6) is 0.818. The molecule has 0 heterocycles. The highest BCUT2D eigenvalue weighted by Crippen LogP contribution is 2.20. The minimum atomic E-state index is -0.457. The van der Waals surface area contributed by atoms with E-state index in [-0.39, 0.29) is 0 Å². The molecule has 1 aliphatic carbocycles. The van der Waals surface area contributed by atoms with E-state index in [1.807, 2.05) is 24.3 Å². The highest BCUT2D eigenvalue weighted by molar-refractivity contribution is 5.28. The fraction of sp³-hybridized carbons (Fsp3) is 0.529. The van der Waals surface area contributed by atoms with Crippen LogP contribution >= 0.6 is 0 Å². The van der Waals surface area contributed by atoms with Crippen LogP contribution in [0.3, 0.4) is 0 Å². The summed E-state index contributed by atoms with van der Waals surface area (Å²) in [6, 6.07) is 7.58. The number of aliphatic hydroxyl groups is 1. The van der Waals surface area contributed by atoms with Crippen LogP contribution in [0.25, 0.3) is 0 Å². The first-order valence-electron chi connectivity index (χ1n) is 7.50. The molecule has 1 aromatic rings. The van der Waals surface area contributed by atoms with Crippen LogP contribution in [-0.4, -0.2) is 25.3 Å². The number of hydrogen-bond donors (Lipinski definition) is 2. The third kappa shape index (κ3) is 4.66. The van der Waals surface area contributed by atoms with Crippen molar-refractivity contribution in [2.24, 2.45) is 0 Å². The van der Waals surface area contributed by atoms with Crippen molar-refractivity contribution >= 4 is 0 Å². The maximum absolute atomic E-state index is 10.1. The Morgan fingerprint density at radius 1 is 1.25 bits per heavy atom. The van der Waals surface area contributed by atoms with Crippen LogP contribution in [-0.2, 0) is 0 Å². The average Bonchev–Trinajstić information content (AvgIpc) is 2.52. The molecule has 0 fully saturated rings. The first kappa shape index (κ1) is 15.1. The summed E-state index contributed by atoms with van der Waals surface area (Å²) >= 11 is 0. The fourth-order valence-electron chi connectivity index (χ4n) is 2.56. The number of methoxy groups -OCH3 is 1. The lowest BCUT2D eigenvalue weighted by atomic mass is 9.97. The van der Waals surface area contributed by atoms with Gasteiger partial charge in [0.1, 0.15) is 5.75 Å².